The molecular weight excluding hydrogens is 538 g/mol. The number of carbonyl (C=O) groups is 1. The van der Waals surface area contributed by atoms with Crippen LogP contribution in [0.15, 0.2) is 59.0 Å². The quantitative estimate of drug-likeness (QED) is 0.217. The van der Waals surface area contributed by atoms with Crippen LogP contribution in [0.2, 0.25) is 0 Å². The maximum atomic E-state index is 13.6. The first-order chi connectivity index (χ1) is 19.1. The highest BCUT2D eigenvalue weighted by Crippen LogP contribution is 2.45. The minimum Gasteiger partial charge on any atom is -0.497 e. The van der Waals surface area contributed by atoms with E-state index in [0.29, 0.717) is 33.2 Å². The standard InChI is InChI=1S/C28H28BFN2O7S/c1-31-28(33)26-22-13-21(17-4-5-17)19(12-24(22)39-27(26)18-6-8-20(30)9-7-18)15-40(36,37)32-14-16-3-10-23(29(34)35)25(11-16)38-2/h3,6-13,17,32,34-35H,4-5,14-15H2,1-2H3,(H,31,33). The molecule has 1 aliphatic rings. The summed E-state index contributed by atoms with van der Waals surface area (Å²) in [6.07, 6.45) is 1.82. The SMILES string of the molecule is CNC(=O)c1c(-c2ccc(F)cc2)oc2cc(CS(=O)(=O)NCc3ccc(B(O)O)c(OC)c3)c(C3CC3)cc12. The van der Waals surface area contributed by atoms with Crippen LogP contribution in [0.5, 0.6) is 5.75 Å². The fourth-order valence-electron chi connectivity index (χ4n) is 4.78. The monoisotopic (exact) mass is 566 g/mol. The van der Waals surface area contributed by atoms with Gasteiger partial charge in [-0.2, -0.15) is 0 Å². The molecule has 0 atom stereocenters. The highest BCUT2D eigenvalue weighted by molar-refractivity contribution is 7.88. The van der Waals surface area contributed by atoms with Crippen molar-refractivity contribution in [1.29, 1.82) is 0 Å². The Morgan fingerprint density at radius 3 is 2.48 bits per heavy atom. The van der Waals surface area contributed by atoms with Crippen molar-refractivity contribution in [3.05, 3.63) is 82.7 Å². The molecule has 1 amide bonds. The van der Waals surface area contributed by atoms with E-state index in [-0.39, 0.29) is 41.1 Å². The number of rotatable bonds is 10. The molecule has 0 aliphatic heterocycles. The Morgan fingerprint density at radius 1 is 1.12 bits per heavy atom. The number of halogens is 1. The third-order valence-electron chi connectivity index (χ3n) is 6.95. The Morgan fingerprint density at radius 2 is 1.85 bits per heavy atom. The number of hydrogen-bond donors (Lipinski definition) is 4. The van der Waals surface area contributed by atoms with Crippen LogP contribution in [-0.2, 0) is 22.3 Å². The molecule has 0 saturated heterocycles. The molecule has 12 heteroatoms. The summed E-state index contributed by atoms with van der Waals surface area (Å²) in [6, 6.07) is 13.7. The average molecular weight is 566 g/mol. The lowest BCUT2D eigenvalue weighted by molar-refractivity contribution is 0.0964. The van der Waals surface area contributed by atoms with Crippen molar-refractivity contribution in [1.82, 2.24) is 10.0 Å². The summed E-state index contributed by atoms with van der Waals surface area (Å²) in [6.45, 7) is -0.0300. The van der Waals surface area contributed by atoms with Gasteiger partial charge in [-0.3, -0.25) is 4.79 Å². The number of carbonyl (C=O) groups excluding carboxylic acids is 1. The molecule has 1 heterocycles. The summed E-state index contributed by atoms with van der Waals surface area (Å²) in [5.41, 5.74) is 3.35. The molecule has 0 spiro atoms. The lowest BCUT2D eigenvalue weighted by atomic mass is 9.79. The molecule has 1 aromatic heterocycles. The molecule has 4 aromatic rings. The van der Waals surface area contributed by atoms with Gasteiger partial charge in [0.05, 0.1) is 18.4 Å². The van der Waals surface area contributed by atoms with Gasteiger partial charge in [0.2, 0.25) is 10.0 Å². The topological polar surface area (TPSA) is 138 Å². The van der Waals surface area contributed by atoms with Crippen LogP contribution in [0.25, 0.3) is 22.3 Å². The van der Waals surface area contributed by atoms with Crippen molar-refractivity contribution in [2.24, 2.45) is 0 Å². The second-order valence-electron chi connectivity index (χ2n) is 9.74. The van der Waals surface area contributed by atoms with Crippen LogP contribution >= 0.6 is 0 Å². The number of sulfonamides is 1. The van der Waals surface area contributed by atoms with E-state index in [0.717, 1.165) is 18.4 Å². The van der Waals surface area contributed by atoms with Crippen LogP contribution in [0.3, 0.4) is 0 Å². The molecule has 0 bridgehead atoms. The second kappa shape index (κ2) is 11.0. The van der Waals surface area contributed by atoms with Crippen LogP contribution in [0.4, 0.5) is 4.39 Å². The van der Waals surface area contributed by atoms with E-state index in [2.05, 4.69) is 10.0 Å². The van der Waals surface area contributed by atoms with Gasteiger partial charge in [-0.25, -0.2) is 17.5 Å². The summed E-state index contributed by atoms with van der Waals surface area (Å²) in [5.74, 6) is -0.399. The highest BCUT2D eigenvalue weighted by atomic mass is 32.2. The molecule has 9 nitrogen and oxygen atoms in total. The third kappa shape index (κ3) is 5.75. The van der Waals surface area contributed by atoms with Crippen LogP contribution in [-0.4, -0.2) is 45.6 Å². The molecule has 0 radical (unpaired) electrons. The first-order valence-electron chi connectivity index (χ1n) is 12.7. The van der Waals surface area contributed by atoms with Gasteiger partial charge in [0.25, 0.3) is 5.91 Å². The Kier molecular flexibility index (Phi) is 7.69. The second-order valence-corrected chi connectivity index (χ2v) is 11.6. The molecular formula is C28H28BFN2O7S. The van der Waals surface area contributed by atoms with E-state index >= 15 is 0 Å². The zero-order chi connectivity index (χ0) is 28.6. The highest BCUT2D eigenvalue weighted by Gasteiger charge is 2.31. The number of amides is 1. The molecule has 3 aromatic carbocycles. The third-order valence-corrected chi connectivity index (χ3v) is 8.22. The van der Waals surface area contributed by atoms with Gasteiger partial charge in [0.15, 0.2) is 0 Å². The summed E-state index contributed by atoms with van der Waals surface area (Å²) < 4.78 is 53.7. The number of hydrogen-bond acceptors (Lipinski definition) is 7. The fraction of sp³-hybridized carbons (Fsp3) is 0.250. The molecule has 4 N–H and O–H groups in total. The summed E-state index contributed by atoms with van der Waals surface area (Å²) in [7, 11) is -2.63. The predicted molar refractivity (Wildman–Crippen MR) is 149 cm³/mol. The number of furan rings is 1. The summed E-state index contributed by atoms with van der Waals surface area (Å²) >= 11 is 0. The van der Waals surface area contributed by atoms with Gasteiger partial charge in [-0.15, -0.1) is 0 Å². The molecule has 1 fully saturated rings. The summed E-state index contributed by atoms with van der Waals surface area (Å²) in [5, 5.41) is 22.1. The smallest absolute Gasteiger partial charge is 0.492 e. The van der Waals surface area contributed by atoms with Gasteiger partial charge in [0.1, 0.15) is 22.9 Å². The van der Waals surface area contributed by atoms with Gasteiger partial charge in [-0.05, 0) is 77.9 Å². The van der Waals surface area contributed by atoms with Crippen molar-refractivity contribution in [3.8, 4) is 17.1 Å². The minimum atomic E-state index is -3.81. The summed E-state index contributed by atoms with van der Waals surface area (Å²) in [4.78, 5) is 12.9. The Bertz CT molecular complexity index is 1680. The number of methoxy groups -OCH3 is 1. The van der Waals surface area contributed by atoms with Gasteiger partial charge in [-0.1, -0.05) is 12.1 Å². The van der Waals surface area contributed by atoms with E-state index in [4.69, 9.17) is 9.15 Å². The van der Waals surface area contributed by atoms with Crippen molar-refractivity contribution >= 4 is 39.5 Å². The normalized spacial score (nSPS) is 13.4. The number of fused-ring (bicyclic) bond motifs is 1. The first kappa shape index (κ1) is 27.8. The van der Waals surface area contributed by atoms with Gasteiger partial charge >= 0.3 is 7.12 Å². The number of ether oxygens (including phenoxy) is 1. The van der Waals surface area contributed by atoms with Crippen molar-refractivity contribution in [2.75, 3.05) is 14.2 Å². The molecule has 208 valence electrons. The Labute approximate surface area is 231 Å². The zero-order valence-corrected chi connectivity index (χ0v) is 22.7. The predicted octanol–water partition coefficient (Wildman–Crippen LogP) is 2.78. The van der Waals surface area contributed by atoms with Crippen molar-refractivity contribution in [2.45, 2.75) is 31.1 Å². The van der Waals surface area contributed by atoms with Crippen molar-refractivity contribution in [3.63, 3.8) is 0 Å². The van der Waals surface area contributed by atoms with Crippen molar-refractivity contribution < 1.29 is 36.8 Å². The van der Waals surface area contributed by atoms with E-state index < -0.39 is 23.0 Å². The molecule has 40 heavy (non-hydrogen) atoms. The van der Waals surface area contributed by atoms with Crippen LogP contribution in [0.1, 0.15) is 45.8 Å². The first-order valence-corrected chi connectivity index (χ1v) is 14.3. The maximum Gasteiger partial charge on any atom is 0.492 e. The largest absolute Gasteiger partial charge is 0.497 e. The van der Waals surface area contributed by atoms with E-state index in [1.165, 1.54) is 44.5 Å². The Balaban J connectivity index is 1.48. The maximum absolute atomic E-state index is 13.6. The van der Waals surface area contributed by atoms with E-state index in [1.807, 2.05) is 6.07 Å². The lowest BCUT2D eigenvalue weighted by Crippen LogP contribution is -2.31. The zero-order valence-electron chi connectivity index (χ0n) is 21.9. The molecule has 0 unspecified atom stereocenters. The van der Waals surface area contributed by atoms with E-state index in [1.54, 1.807) is 18.2 Å². The van der Waals surface area contributed by atoms with E-state index in [9.17, 15) is 27.7 Å². The Hall–Kier alpha value is -3.71. The number of benzene rings is 3. The van der Waals surface area contributed by atoms with Crippen LogP contribution in [0, 0.1) is 5.82 Å². The van der Waals surface area contributed by atoms with Gasteiger partial charge < -0.3 is 24.5 Å². The fourth-order valence-corrected chi connectivity index (χ4v) is 5.93. The minimum absolute atomic E-state index is 0.0300. The molecule has 1 aliphatic carbocycles. The van der Waals surface area contributed by atoms with Crippen LogP contribution < -0.4 is 20.2 Å². The lowest BCUT2D eigenvalue weighted by Gasteiger charge is -2.13. The average Bonchev–Trinajstić information content (AvgIpc) is 3.71. The van der Waals surface area contributed by atoms with Gasteiger partial charge in [0, 0.05) is 30.0 Å². The molecule has 1 saturated carbocycles. The molecule has 5 rings (SSSR count). The number of nitrogens with one attached hydrogen (secondary N) is 2.